The highest BCUT2D eigenvalue weighted by Gasteiger charge is 2.03. The van der Waals surface area contributed by atoms with Crippen LogP contribution < -0.4 is 0 Å². The molecular weight excluding hydrogens is 176 g/mol. The molecule has 0 saturated heterocycles. The van der Waals surface area contributed by atoms with Gasteiger partial charge in [0.2, 0.25) is 0 Å². The fourth-order valence-electron chi connectivity index (χ4n) is 1.49. The van der Waals surface area contributed by atoms with E-state index in [2.05, 4.69) is 44.4 Å². The van der Waals surface area contributed by atoms with E-state index in [1.54, 1.807) is 11.3 Å². The number of rotatable bonds is 1. The Labute approximate surface area is 83.2 Å². The van der Waals surface area contributed by atoms with E-state index in [1.807, 2.05) is 0 Å². The Morgan fingerprint density at radius 1 is 1.31 bits per heavy atom. The molecule has 1 radical (unpaired) electrons. The van der Waals surface area contributed by atoms with Crippen molar-refractivity contribution in [3.05, 3.63) is 34.0 Å². The van der Waals surface area contributed by atoms with E-state index < -0.39 is 0 Å². The van der Waals surface area contributed by atoms with E-state index >= 15 is 0 Å². The normalized spacial score (nSPS) is 11.4. The number of hydrogen-bond acceptors (Lipinski definition) is 1. The molecule has 1 heterocycles. The molecule has 0 spiro atoms. The van der Waals surface area contributed by atoms with Crippen LogP contribution in [0.25, 0.3) is 10.8 Å². The zero-order valence-corrected chi connectivity index (χ0v) is 9.03. The largest absolute Gasteiger partial charge is 0.138 e. The SMILES string of the molecule is Cc1s[c]c2ccc(C(C)C)cc12. The predicted molar refractivity (Wildman–Crippen MR) is 59.5 cm³/mol. The van der Waals surface area contributed by atoms with Crippen LogP contribution in [0, 0.1) is 12.3 Å². The second kappa shape index (κ2) is 3.15. The Kier molecular flexibility index (Phi) is 2.12. The van der Waals surface area contributed by atoms with E-state index in [9.17, 15) is 0 Å². The summed E-state index contributed by atoms with van der Waals surface area (Å²) in [6.45, 7) is 6.62. The van der Waals surface area contributed by atoms with Gasteiger partial charge in [0.05, 0.1) is 5.38 Å². The summed E-state index contributed by atoms with van der Waals surface area (Å²) in [6, 6.07) is 6.67. The first kappa shape index (κ1) is 8.76. The van der Waals surface area contributed by atoms with E-state index in [0.29, 0.717) is 5.92 Å². The maximum Gasteiger partial charge on any atom is 0.0530 e. The van der Waals surface area contributed by atoms with Gasteiger partial charge in [0.1, 0.15) is 0 Å². The molecule has 1 aromatic heterocycles. The monoisotopic (exact) mass is 189 g/mol. The second-order valence-corrected chi connectivity index (χ2v) is 4.74. The van der Waals surface area contributed by atoms with E-state index in [0.717, 1.165) is 0 Å². The Balaban J connectivity index is 2.66. The van der Waals surface area contributed by atoms with Gasteiger partial charge in [0.15, 0.2) is 0 Å². The average Bonchev–Trinajstić information content (AvgIpc) is 2.47. The molecule has 13 heavy (non-hydrogen) atoms. The lowest BCUT2D eigenvalue weighted by Crippen LogP contribution is -1.85. The molecule has 0 atom stereocenters. The lowest BCUT2D eigenvalue weighted by Gasteiger charge is -2.04. The van der Waals surface area contributed by atoms with Crippen molar-refractivity contribution < 1.29 is 0 Å². The molecule has 2 rings (SSSR count). The van der Waals surface area contributed by atoms with Crippen molar-refractivity contribution in [1.82, 2.24) is 0 Å². The van der Waals surface area contributed by atoms with Crippen LogP contribution in [0.3, 0.4) is 0 Å². The number of fused-ring (bicyclic) bond motifs is 1. The minimum Gasteiger partial charge on any atom is -0.138 e. The molecule has 0 N–H and O–H groups in total. The molecule has 0 nitrogen and oxygen atoms in total. The maximum absolute atomic E-state index is 3.30. The van der Waals surface area contributed by atoms with Crippen LogP contribution in [0.1, 0.15) is 30.2 Å². The lowest BCUT2D eigenvalue weighted by molar-refractivity contribution is 0.869. The molecule has 0 amide bonds. The van der Waals surface area contributed by atoms with Gasteiger partial charge in [-0.15, -0.1) is 11.3 Å². The highest BCUT2D eigenvalue weighted by molar-refractivity contribution is 7.11. The summed E-state index contributed by atoms with van der Waals surface area (Å²) in [6.07, 6.45) is 0. The van der Waals surface area contributed by atoms with E-state index in [-0.39, 0.29) is 0 Å². The minimum atomic E-state index is 0.615. The van der Waals surface area contributed by atoms with Crippen LogP contribution in [0.15, 0.2) is 18.2 Å². The smallest absolute Gasteiger partial charge is 0.0530 e. The Morgan fingerprint density at radius 2 is 2.08 bits per heavy atom. The van der Waals surface area contributed by atoms with Gasteiger partial charge < -0.3 is 0 Å². The molecule has 0 bridgehead atoms. The van der Waals surface area contributed by atoms with Gasteiger partial charge in [-0.25, -0.2) is 0 Å². The summed E-state index contributed by atoms with van der Waals surface area (Å²) >= 11 is 1.71. The predicted octanol–water partition coefficient (Wildman–Crippen LogP) is 4.13. The fourth-order valence-corrected chi connectivity index (χ4v) is 2.21. The summed E-state index contributed by atoms with van der Waals surface area (Å²) < 4.78 is 0. The van der Waals surface area contributed by atoms with Gasteiger partial charge in [-0.2, -0.15) is 0 Å². The van der Waals surface area contributed by atoms with Gasteiger partial charge in [-0.3, -0.25) is 0 Å². The standard InChI is InChI=1S/C12H13S/c1-8(2)10-4-5-11-7-13-9(3)12(11)6-10/h4-6,8H,1-3H3. The van der Waals surface area contributed by atoms with Crippen molar-refractivity contribution >= 4 is 22.1 Å². The van der Waals surface area contributed by atoms with Gasteiger partial charge >= 0.3 is 0 Å². The molecule has 2 aromatic rings. The van der Waals surface area contributed by atoms with Gasteiger partial charge in [0, 0.05) is 10.3 Å². The third-order valence-corrected chi connectivity index (χ3v) is 3.25. The van der Waals surface area contributed by atoms with Gasteiger partial charge in [0.25, 0.3) is 0 Å². The highest BCUT2D eigenvalue weighted by Crippen LogP contribution is 2.27. The molecule has 0 aliphatic carbocycles. The molecule has 1 heteroatoms. The average molecular weight is 189 g/mol. The van der Waals surface area contributed by atoms with Crippen LogP contribution in [0.4, 0.5) is 0 Å². The number of hydrogen-bond donors (Lipinski definition) is 0. The summed E-state index contributed by atoms with van der Waals surface area (Å²) in [7, 11) is 0. The molecule has 0 aliphatic rings. The van der Waals surface area contributed by atoms with E-state index in [4.69, 9.17) is 0 Å². The summed E-state index contributed by atoms with van der Waals surface area (Å²) in [4.78, 5) is 1.37. The topological polar surface area (TPSA) is 0 Å². The summed E-state index contributed by atoms with van der Waals surface area (Å²) in [5, 5.41) is 5.92. The van der Waals surface area contributed by atoms with Crippen molar-refractivity contribution in [2.45, 2.75) is 26.7 Å². The first-order valence-corrected chi connectivity index (χ1v) is 5.41. The summed E-state index contributed by atoms with van der Waals surface area (Å²) in [5.41, 5.74) is 1.42. The van der Waals surface area contributed by atoms with Crippen LogP contribution in [-0.2, 0) is 0 Å². The van der Waals surface area contributed by atoms with Crippen LogP contribution in [0.5, 0.6) is 0 Å². The number of aryl methyl sites for hydroxylation is 1. The van der Waals surface area contributed by atoms with Crippen molar-refractivity contribution in [2.24, 2.45) is 0 Å². The van der Waals surface area contributed by atoms with Crippen LogP contribution in [0.2, 0.25) is 0 Å². The van der Waals surface area contributed by atoms with Gasteiger partial charge in [-0.1, -0.05) is 26.0 Å². The molecule has 0 unspecified atom stereocenters. The summed E-state index contributed by atoms with van der Waals surface area (Å²) in [5.74, 6) is 0.615. The molecule has 0 fully saturated rings. The first-order chi connectivity index (χ1) is 6.18. The van der Waals surface area contributed by atoms with Crippen molar-refractivity contribution in [3.63, 3.8) is 0 Å². The Morgan fingerprint density at radius 3 is 2.77 bits per heavy atom. The molecule has 1 aromatic carbocycles. The third-order valence-electron chi connectivity index (χ3n) is 2.40. The van der Waals surface area contributed by atoms with Crippen molar-refractivity contribution in [2.75, 3.05) is 0 Å². The van der Waals surface area contributed by atoms with Crippen LogP contribution >= 0.6 is 11.3 Å². The highest BCUT2D eigenvalue weighted by atomic mass is 32.1. The molecule has 0 saturated carbocycles. The first-order valence-electron chi connectivity index (χ1n) is 4.59. The molecular formula is C12H13S. The third kappa shape index (κ3) is 1.49. The van der Waals surface area contributed by atoms with Crippen LogP contribution in [-0.4, -0.2) is 0 Å². The van der Waals surface area contributed by atoms with Crippen molar-refractivity contribution in [1.29, 1.82) is 0 Å². The van der Waals surface area contributed by atoms with Crippen molar-refractivity contribution in [3.8, 4) is 0 Å². The fraction of sp³-hybridized carbons (Fsp3) is 0.333. The number of thiophene rings is 1. The maximum atomic E-state index is 3.30. The zero-order valence-electron chi connectivity index (χ0n) is 8.22. The zero-order chi connectivity index (χ0) is 9.42. The second-order valence-electron chi connectivity index (χ2n) is 3.72. The lowest BCUT2D eigenvalue weighted by atomic mass is 10.0. The minimum absolute atomic E-state index is 0.615. The Hall–Kier alpha value is -0.820. The van der Waals surface area contributed by atoms with E-state index in [1.165, 1.54) is 21.2 Å². The van der Waals surface area contributed by atoms with Gasteiger partial charge in [-0.05, 0) is 29.9 Å². The quantitative estimate of drug-likeness (QED) is 0.632. The Bertz CT molecular complexity index is 424. The number of benzene rings is 1. The molecule has 0 aliphatic heterocycles. The molecule has 67 valence electrons.